The summed E-state index contributed by atoms with van der Waals surface area (Å²) >= 11 is 0. The highest BCUT2D eigenvalue weighted by atomic mass is 16.2. The van der Waals surface area contributed by atoms with Crippen molar-refractivity contribution >= 4 is 17.5 Å². The van der Waals surface area contributed by atoms with Gasteiger partial charge in [-0.1, -0.05) is 85.6 Å². The van der Waals surface area contributed by atoms with Gasteiger partial charge in [0.15, 0.2) is 0 Å². The van der Waals surface area contributed by atoms with Crippen molar-refractivity contribution in [3.8, 4) is 0 Å². The van der Waals surface area contributed by atoms with E-state index in [9.17, 15) is 9.59 Å². The second-order valence-corrected chi connectivity index (χ2v) is 8.82. The number of hydrogen-bond donors (Lipinski definition) is 1. The van der Waals surface area contributed by atoms with Crippen LogP contribution in [0.25, 0.3) is 0 Å². The average molecular weight is 441 g/mol. The standard InChI is InChI=1S/C29H32N2O2/c32-28(30-19-18-23-10-3-1-4-11-23)21-25-14-9-17-27(20-25)31(22-24-12-5-2-6-13-24)29(33)26-15-7-8-16-26/h1-6,9-14,17,20,26H,7-8,15-16,18-19,21-22H2,(H,30,32). The minimum Gasteiger partial charge on any atom is -0.355 e. The molecule has 0 atom stereocenters. The van der Waals surface area contributed by atoms with E-state index in [1.807, 2.05) is 65.6 Å². The molecule has 0 radical (unpaired) electrons. The highest BCUT2D eigenvalue weighted by molar-refractivity contribution is 5.95. The number of amides is 2. The van der Waals surface area contributed by atoms with Gasteiger partial charge in [-0.25, -0.2) is 0 Å². The van der Waals surface area contributed by atoms with E-state index in [2.05, 4.69) is 29.6 Å². The van der Waals surface area contributed by atoms with Crippen LogP contribution in [0.1, 0.15) is 42.4 Å². The van der Waals surface area contributed by atoms with Gasteiger partial charge in [-0.2, -0.15) is 0 Å². The summed E-state index contributed by atoms with van der Waals surface area (Å²) in [5.74, 6) is 0.291. The Bertz CT molecular complexity index is 1040. The van der Waals surface area contributed by atoms with Crippen molar-refractivity contribution in [2.75, 3.05) is 11.4 Å². The number of hydrogen-bond acceptors (Lipinski definition) is 2. The summed E-state index contributed by atoms with van der Waals surface area (Å²) in [4.78, 5) is 27.8. The van der Waals surface area contributed by atoms with Crippen molar-refractivity contribution in [1.82, 2.24) is 5.32 Å². The number of benzene rings is 3. The molecule has 4 rings (SSSR count). The third kappa shape index (κ3) is 6.55. The first-order chi connectivity index (χ1) is 16.2. The van der Waals surface area contributed by atoms with Crippen LogP contribution in [0.2, 0.25) is 0 Å². The zero-order valence-corrected chi connectivity index (χ0v) is 19.1. The zero-order chi connectivity index (χ0) is 22.9. The van der Waals surface area contributed by atoms with Gasteiger partial charge in [0.2, 0.25) is 11.8 Å². The molecule has 4 heteroatoms. The summed E-state index contributed by atoms with van der Waals surface area (Å²) in [5, 5.41) is 3.02. The normalized spacial score (nSPS) is 13.6. The molecule has 3 aromatic rings. The molecule has 2 amide bonds. The van der Waals surface area contributed by atoms with Crippen molar-refractivity contribution in [3.05, 3.63) is 102 Å². The molecule has 1 saturated carbocycles. The van der Waals surface area contributed by atoms with E-state index in [0.29, 0.717) is 19.5 Å². The van der Waals surface area contributed by atoms with Crippen LogP contribution in [0.4, 0.5) is 5.69 Å². The Labute approximate surface area is 196 Å². The van der Waals surface area contributed by atoms with Crippen LogP contribution in [0.5, 0.6) is 0 Å². The van der Waals surface area contributed by atoms with E-state index in [0.717, 1.165) is 48.9 Å². The van der Waals surface area contributed by atoms with Crippen LogP contribution >= 0.6 is 0 Å². The average Bonchev–Trinajstić information content (AvgIpc) is 3.39. The molecule has 0 spiro atoms. The second-order valence-electron chi connectivity index (χ2n) is 8.82. The number of carbonyl (C=O) groups excluding carboxylic acids is 2. The molecule has 0 bridgehead atoms. The van der Waals surface area contributed by atoms with E-state index < -0.39 is 0 Å². The maximum Gasteiger partial charge on any atom is 0.230 e. The zero-order valence-electron chi connectivity index (χ0n) is 19.1. The Morgan fingerprint density at radius 3 is 2.12 bits per heavy atom. The molecule has 1 aliphatic rings. The van der Waals surface area contributed by atoms with Crippen LogP contribution in [-0.2, 0) is 29.0 Å². The van der Waals surface area contributed by atoms with Crippen LogP contribution in [0.3, 0.4) is 0 Å². The van der Waals surface area contributed by atoms with E-state index in [1.54, 1.807) is 0 Å². The molecule has 0 aliphatic heterocycles. The molecule has 1 N–H and O–H groups in total. The van der Waals surface area contributed by atoms with Crippen molar-refractivity contribution in [3.63, 3.8) is 0 Å². The van der Waals surface area contributed by atoms with Crippen molar-refractivity contribution in [1.29, 1.82) is 0 Å². The lowest BCUT2D eigenvalue weighted by molar-refractivity contribution is -0.122. The Morgan fingerprint density at radius 1 is 0.788 bits per heavy atom. The molecule has 0 heterocycles. The smallest absolute Gasteiger partial charge is 0.230 e. The van der Waals surface area contributed by atoms with Gasteiger partial charge in [0.1, 0.15) is 0 Å². The number of rotatable bonds is 9. The third-order valence-corrected chi connectivity index (χ3v) is 6.32. The monoisotopic (exact) mass is 440 g/mol. The summed E-state index contributed by atoms with van der Waals surface area (Å²) < 4.78 is 0. The predicted molar refractivity (Wildman–Crippen MR) is 133 cm³/mol. The fourth-order valence-electron chi connectivity index (χ4n) is 4.53. The number of nitrogens with one attached hydrogen (secondary N) is 1. The van der Waals surface area contributed by atoms with Gasteiger partial charge in [-0.3, -0.25) is 9.59 Å². The molecule has 3 aromatic carbocycles. The maximum absolute atomic E-state index is 13.4. The molecule has 0 unspecified atom stereocenters. The van der Waals surface area contributed by atoms with E-state index in [4.69, 9.17) is 0 Å². The fraction of sp³-hybridized carbons (Fsp3) is 0.310. The van der Waals surface area contributed by atoms with Gasteiger partial charge in [0.05, 0.1) is 13.0 Å². The predicted octanol–water partition coefficient (Wildman–Crippen LogP) is 5.31. The van der Waals surface area contributed by atoms with Gasteiger partial charge in [0, 0.05) is 18.2 Å². The van der Waals surface area contributed by atoms with E-state index in [1.165, 1.54) is 5.56 Å². The molecule has 1 fully saturated rings. The summed E-state index contributed by atoms with van der Waals surface area (Å²) in [7, 11) is 0. The quantitative estimate of drug-likeness (QED) is 0.490. The van der Waals surface area contributed by atoms with E-state index in [-0.39, 0.29) is 17.7 Å². The summed E-state index contributed by atoms with van der Waals surface area (Å²) in [6.07, 6.45) is 5.30. The second kappa shape index (κ2) is 11.5. The lowest BCUT2D eigenvalue weighted by Crippen LogP contribution is -2.35. The lowest BCUT2D eigenvalue weighted by atomic mass is 10.0. The summed E-state index contributed by atoms with van der Waals surface area (Å²) in [5.41, 5.74) is 4.10. The lowest BCUT2D eigenvalue weighted by Gasteiger charge is -2.26. The van der Waals surface area contributed by atoms with Crippen molar-refractivity contribution in [2.24, 2.45) is 5.92 Å². The summed E-state index contributed by atoms with van der Waals surface area (Å²) in [6.45, 7) is 1.16. The van der Waals surface area contributed by atoms with Gasteiger partial charge in [-0.05, 0) is 48.1 Å². The molecule has 1 aliphatic carbocycles. The van der Waals surface area contributed by atoms with Crippen molar-refractivity contribution < 1.29 is 9.59 Å². The molecule has 0 saturated heterocycles. The SMILES string of the molecule is O=C(Cc1cccc(N(Cc2ccccc2)C(=O)C2CCCC2)c1)NCCc1ccccc1. The minimum absolute atomic E-state index is 0.000176. The first-order valence-electron chi connectivity index (χ1n) is 11.9. The van der Waals surface area contributed by atoms with E-state index >= 15 is 0 Å². The van der Waals surface area contributed by atoms with Crippen LogP contribution in [0, 0.1) is 5.92 Å². The van der Waals surface area contributed by atoms with Gasteiger partial charge in [-0.15, -0.1) is 0 Å². The topological polar surface area (TPSA) is 49.4 Å². The first-order valence-corrected chi connectivity index (χ1v) is 11.9. The van der Waals surface area contributed by atoms with Crippen LogP contribution in [-0.4, -0.2) is 18.4 Å². The van der Waals surface area contributed by atoms with Crippen LogP contribution < -0.4 is 10.2 Å². The fourth-order valence-corrected chi connectivity index (χ4v) is 4.53. The van der Waals surface area contributed by atoms with Gasteiger partial charge in [0.25, 0.3) is 0 Å². The number of anilines is 1. The Kier molecular flexibility index (Phi) is 7.91. The highest BCUT2D eigenvalue weighted by Gasteiger charge is 2.28. The molecular formula is C29H32N2O2. The van der Waals surface area contributed by atoms with Crippen LogP contribution in [0.15, 0.2) is 84.9 Å². The first kappa shape index (κ1) is 22.8. The van der Waals surface area contributed by atoms with Gasteiger partial charge < -0.3 is 10.2 Å². The summed E-state index contributed by atoms with van der Waals surface area (Å²) in [6, 6.07) is 28.1. The number of nitrogens with zero attached hydrogens (tertiary/aromatic N) is 1. The maximum atomic E-state index is 13.4. The molecule has 4 nitrogen and oxygen atoms in total. The highest BCUT2D eigenvalue weighted by Crippen LogP contribution is 2.30. The van der Waals surface area contributed by atoms with Crippen molar-refractivity contribution in [2.45, 2.75) is 45.1 Å². The minimum atomic E-state index is -0.000176. The molecule has 0 aromatic heterocycles. The Morgan fingerprint density at radius 2 is 1.42 bits per heavy atom. The third-order valence-electron chi connectivity index (χ3n) is 6.32. The number of carbonyl (C=O) groups is 2. The molecule has 33 heavy (non-hydrogen) atoms. The molecule has 170 valence electrons. The van der Waals surface area contributed by atoms with Gasteiger partial charge >= 0.3 is 0 Å². The Balaban J connectivity index is 1.43. The Hall–Kier alpha value is -3.40. The largest absolute Gasteiger partial charge is 0.355 e. The molecular weight excluding hydrogens is 408 g/mol.